The number of hydrogen-bond donors (Lipinski definition) is 1. The summed E-state index contributed by atoms with van der Waals surface area (Å²) < 4.78 is 25.9. The highest BCUT2D eigenvalue weighted by Crippen LogP contribution is 2.58. The lowest BCUT2D eigenvalue weighted by Crippen LogP contribution is -2.26. The first kappa shape index (κ1) is 8.41. The zero-order valence-electron chi connectivity index (χ0n) is 5.98. The van der Waals surface area contributed by atoms with E-state index in [0.29, 0.717) is 9.90 Å². The number of alkyl halides is 2. The molecule has 1 atom stereocenters. The van der Waals surface area contributed by atoms with Crippen molar-refractivity contribution in [3.05, 3.63) is 21.3 Å². The van der Waals surface area contributed by atoms with Gasteiger partial charge in [0.05, 0.1) is 4.34 Å². The maximum atomic E-state index is 12.7. The van der Waals surface area contributed by atoms with Crippen LogP contribution in [0.3, 0.4) is 0 Å². The van der Waals surface area contributed by atoms with Crippen LogP contribution in [0, 0.1) is 0 Å². The summed E-state index contributed by atoms with van der Waals surface area (Å²) in [6.45, 7) is 0. The Morgan fingerprint density at radius 1 is 1.58 bits per heavy atom. The van der Waals surface area contributed by atoms with Gasteiger partial charge in [0, 0.05) is 6.42 Å². The summed E-state index contributed by atoms with van der Waals surface area (Å²) >= 11 is 6.83. The van der Waals surface area contributed by atoms with E-state index < -0.39 is 11.5 Å². The first-order chi connectivity index (χ1) is 5.46. The summed E-state index contributed by atoms with van der Waals surface area (Å²) in [5.74, 6) is -2.75. The molecule has 1 fully saturated rings. The molecule has 0 radical (unpaired) electrons. The summed E-state index contributed by atoms with van der Waals surface area (Å²) in [5.41, 5.74) is 4.46. The van der Waals surface area contributed by atoms with E-state index >= 15 is 0 Å². The fourth-order valence-corrected chi connectivity index (χ4v) is 2.13. The van der Waals surface area contributed by atoms with Crippen molar-refractivity contribution in [2.24, 2.45) is 5.73 Å². The molecular formula is C7H6ClF2NS. The first-order valence-corrected chi connectivity index (χ1v) is 4.63. The normalized spacial score (nSPS) is 32.0. The second kappa shape index (κ2) is 2.19. The zero-order chi connectivity index (χ0) is 8.98. The highest BCUT2D eigenvalue weighted by molar-refractivity contribution is 7.14. The van der Waals surface area contributed by atoms with Crippen molar-refractivity contribution >= 4 is 22.9 Å². The molecule has 0 saturated heterocycles. The van der Waals surface area contributed by atoms with Gasteiger partial charge in [-0.1, -0.05) is 11.6 Å². The van der Waals surface area contributed by atoms with Gasteiger partial charge < -0.3 is 5.73 Å². The van der Waals surface area contributed by atoms with E-state index in [2.05, 4.69) is 0 Å². The van der Waals surface area contributed by atoms with E-state index in [0.717, 1.165) is 0 Å². The Balaban J connectivity index is 2.34. The molecule has 2 rings (SSSR count). The van der Waals surface area contributed by atoms with Crippen molar-refractivity contribution in [1.29, 1.82) is 0 Å². The maximum absolute atomic E-state index is 12.7. The van der Waals surface area contributed by atoms with E-state index in [9.17, 15) is 8.78 Å². The number of nitrogens with two attached hydrogens (primary N) is 1. The molecular weight excluding hydrogens is 204 g/mol. The van der Waals surface area contributed by atoms with E-state index in [1.54, 1.807) is 5.38 Å². The van der Waals surface area contributed by atoms with Crippen molar-refractivity contribution in [3.8, 4) is 0 Å². The minimum atomic E-state index is -2.75. The second-order valence-corrected chi connectivity index (χ2v) is 4.53. The van der Waals surface area contributed by atoms with Crippen LogP contribution < -0.4 is 5.73 Å². The molecule has 1 aliphatic rings. The lowest BCUT2D eigenvalue weighted by Gasteiger charge is -2.06. The Kier molecular flexibility index (Phi) is 1.53. The van der Waals surface area contributed by atoms with Gasteiger partial charge >= 0.3 is 0 Å². The fourth-order valence-electron chi connectivity index (χ4n) is 1.16. The summed E-state index contributed by atoms with van der Waals surface area (Å²) in [4.78, 5) is 0. The number of thiophene rings is 1. The van der Waals surface area contributed by atoms with Crippen LogP contribution in [0.1, 0.15) is 12.0 Å². The molecule has 66 valence electrons. The molecule has 1 nitrogen and oxygen atoms in total. The van der Waals surface area contributed by atoms with Gasteiger partial charge in [-0.2, -0.15) is 0 Å². The van der Waals surface area contributed by atoms with Gasteiger partial charge in [0.25, 0.3) is 5.92 Å². The molecule has 0 amide bonds. The molecule has 0 bridgehead atoms. The van der Waals surface area contributed by atoms with Crippen molar-refractivity contribution in [1.82, 2.24) is 0 Å². The Morgan fingerprint density at radius 2 is 2.17 bits per heavy atom. The van der Waals surface area contributed by atoms with Crippen LogP contribution in [0.4, 0.5) is 8.78 Å². The third kappa shape index (κ3) is 0.985. The van der Waals surface area contributed by atoms with Gasteiger partial charge in [0.2, 0.25) is 0 Å². The molecule has 5 heteroatoms. The fraction of sp³-hybridized carbons (Fsp3) is 0.429. The van der Waals surface area contributed by atoms with Crippen LogP contribution in [-0.2, 0) is 5.54 Å². The van der Waals surface area contributed by atoms with E-state index in [1.165, 1.54) is 17.4 Å². The average molecular weight is 210 g/mol. The highest BCUT2D eigenvalue weighted by Gasteiger charge is 2.70. The van der Waals surface area contributed by atoms with Gasteiger partial charge in [-0.3, -0.25) is 0 Å². The Bertz CT molecular complexity index is 325. The molecule has 1 aromatic rings. The Morgan fingerprint density at radius 3 is 2.50 bits per heavy atom. The quantitative estimate of drug-likeness (QED) is 0.756. The molecule has 0 spiro atoms. The first-order valence-electron chi connectivity index (χ1n) is 3.37. The second-order valence-electron chi connectivity index (χ2n) is 2.99. The third-order valence-corrected chi connectivity index (χ3v) is 3.20. The topological polar surface area (TPSA) is 26.0 Å². The lowest BCUT2D eigenvalue weighted by molar-refractivity contribution is 0.0892. The highest BCUT2D eigenvalue weighted by atomic mass is 35.5. The molecule has 1 unspecified atom stereocenters. The average Bonchev–Trinajstić information content (AvgIpc) is 2.37. The van der Waals surface area contributed by atoms with Gasteiger partial charge in [-0.25, -0.2) is 8.78 Å². The Hall–Kier alpha value is -0.190. The molecule has 1 aromatic heterocycles. The minimum Gasteiger partial charge on any atom is -0.316 e. The van der Waals surface area contributed by atoms with Gasteiger partial charge in [0.1, 0.15) is 5.54 Å². The lowest BCUT2D eigenvalue weighted by atomic mass is 10.1. The van der Waals surface area contributed by atoms with Gasteiger partial charge in [-0.05, 0) is 17.0 Å². The van der Waals surface area contributed by atoms with E-state index in [4.69, 9.17) is 17.3 Å². The molecule has 1 aliphatic carbocycles. The Labute approximate surface area is 77.1 Å². The van der Waals surface area contributed by atoms with Crippen LogP contribution in [0.5, 0.6) is 0 Å². The van der Waals surface area contributed by atoms with Gasteiger partial charge in [0.15, 0.2) is 0 Å². The molecule has 0 aromatic carbocycles. The smallest absolute Gasteiger partial charge is 0.272 e. The standard InChI is InChI=1S/C7H6ClF2NS/c8-5-1-4(2-12-5)6(11)3-7(6,9)10/h1-2H,3,11H2. The number of rotatable bonds is 1. The van der Waals surface area contributed by atoms with Crippen molar-refractivity contribution in [3.63, 3.8) is 0 Å². The van der Waals surface area contributed by atoms with Crippen LogP contribution in [0.15, 0.2) is 11.4 Å². The van der Waals surface area contributed by atoms with Crippen LogP contribution in [0.25, 0.3) is 0 Å². The summed E-state index contributed by atoms with van der Waals surface area (Å²) in [5, 5.41) is 1.59. The molecule has 1 saturated carbocycles. The SMILES string of the molecule is NC1(c2csc(Cl)c2)CC1(F)F. The van der Waals surface area contributed by atoms with Crippen LogP contribution >= 0.6 is 22.9 Å². The van der Waals surface area contributed by atoms with Crippen molar-refractivity contribution in [2.75, 3.05) is 0 Å². The van der Waals surface area contributed by atoms with E-state index in [-0.39, 0.29) is 6.42 Å². The third-order valence-electron chi connectivity index (χ3n) is 2.11. The predicted molar refractivity (Wildman–Crippen MR) is 44.8 cm³/mol. The molecule has 0 aliphatic heterocycles. The van der Waals surface area contributed by atoms with Gasteiger partial charge in [-0.15, -0.1) is 11.3 Å². The van der Waals surface area contributed by atoms with Crippen LogP contribution in [-0.4, -0.2) is 5.92 Å². The molecule has 12 heavy (non-hydrogen) atoms. The molecule has 2 N–H and O–H groups in total. The molecule has 1 heterocycles. The number of halogens is 3. The van der Waals surface area contributed by atoms with E-state index in [1.807, 2.05) is 0 Å². The number of hydrogen-bond acceptors (Lipinski definition) is 2. The summed E-state index contributed by atoms with van der Waals surface area (Å²) in [6, 6.07) is 1.51. The summed E-state index contributed by atoms with van der Waals surface area (Å²) in [6.07, 6.45) is -0.271. The van der Waals surface area contributed by atoms with Crippen LogP contribution in [0.2, 0.25) is 4.34 Å². The minimum absolute atomic E-state index is 0.271. The summed E-state index contributed by atoms with van der Waals surface area (Å²) in [7, 11) is 0. The zero-order valence-corrected chi connectivity index (χ0v) is 7.55. The van der Waals surface area contributed by atoms with Crippen molar-refractivity contribution < 1.29 is 8.78 Å². The maximum Gasteiger partial charge on any atom is 0.272 e. The predicted octanol–water partition coefficient (Wildman–Crippen LogP) is 2.59. The monoisotopic (exact) mass is 209 g/mol. The largest absolute Gasteiger partial charge is 0.316 e. The van der Waals surface area contributed by atoms with Crippen molar-refractivity contribution in [2.45, 2.75) is 17.9 Å².